The predicted molar refractivity (Wildman–Crippen MR) is 31.3 cm³/mol. The van der Waals surface area contributed by atoms with E-state index in [1.54, 1.807) is 0 Å². The van der Waals surface area contributed by atoms with E-state index in [0.29, 0.717) is 0 Å². The topological polar surface area (TPSA) is 75.1 Å². The van der Waals surface area contributed by atoms with Crippen LogP contribution in [0.4, 0.5) is 0 Å². The molecule has 0 aliphatic rings. The number of hydrogen-bond acceptors (Lipinski definition) is 4. The van der Waals surface area contributed by atoms with E-state index < -0.39 is 5.91 Å². The fourth-order valence-electron chi connectivity index (χ4n) is 0.474. The van der Waals surface area contributed by atoms with Crippen LogP contribution in [0.25, 0.3) is 0 Å². The van der Waals surface area contributed by atoms with E-state index in [0.717, 1.165) is 0 Å². The maximum absolute atomic E-state index is 10.5. The Morgan fingerprint density at radius 2 is 2.27 bits per heavy atom. The van der Waals surface area contributed by atoms with Crippen LogP contribution >= 0.6 is 0 Å². The van der Waals surface area contributed by atoms with E-state index >= 15 is 0 Å². The van der Waals surface area contributed by atoms with Gasteiger partial charge in [-0.25, -0.2) is 10.5 Å². The number of nitrogens with zero attached hydrogens (tertiary/aromatic N) is 2. The number of carbonyl (C=O) groups is 1. The molecule has 52 valence electrons. The van der Waals surface area contributed by atoms with Crippen molar-refractivity contribution in [3.05, 3.63) is 24.3 Å². The normalized spacial score (nSPS) is 8.09. The molecular formula is C5H5N3NaO2+. The van der Waals surface area contributed by atoms with Gasteiger partial charge in [-0.3, -0.25) is 15.0 Å². The average molecular weight is 162 g/mol. The summed E-state index contributed by atoms with van der Waals surface area (Å²) in [4.78, 5) is 17.8. The summed E-state index contributed by atoms with van der Waals surface area (Å²) in [5.41, 5.74) is 1.53. The largest absolute Gasteiger partial charge is 1.00 e. The standard InChI is InChI=1S/C5H5N3O2.Na/c9-5(8-10)4-3-6-1-2-7-4;/h1-3,10H,(H,8,9);/q;+1. The molecule has 0 aliphatic heterocycles. The Balaban J connectivity index is 0.000001000. The minimum atomic E-state index is -0.659. The fraction of sp³-hybridized carbons (Fsp3) is 0. The van der Waals surface area contributed by atoms with E-state index in [4.69, 9.17) is 5.21 Å². The van der Waals surface area contributed by atoms with Gasteiger partial charge in [0.2, 0.25) is 0 Å². The number of amides is 1. The second-order valence-electron chi connectivity index (χ2n) is 1.53. The summed E-state index contributed by atoms with van der Waals surface area (Å²) >= 11 is 0. The third kappa shape index (κ3) is 2.94. The van der Waals surface area contributed by atoms with Crippen molar-refractivity contribution in [1.29, 1.82) is 0 Å². The van der Waals surface area contributed by atoms with E-state index in [2.05, 4.69) is 9.97 Å². The molecule has 0 atom stereocenters. The zero-order valence-electron chi connectivity index (χ0n) is 5.98. The first-order valence-corrected chi connectivity index (χ1v) is 2.55. The molecule has 6 heteroatoms. The molecular weight excluding hydrogens is 157 g/mol. The molecule has 0 fully saturated rings. The molecule has 5 nitrogen and oxygen atoms in total. The van der Waals surface area contributed by atoms with Crippen molar-refractivity contribution in [1.82, 2.24) is 15.4 Å². The molecule has 0 spiro atoms. The van der Waals surface area contributed by atoms with Gasteiger partial charge in [0.15, 0.2) is 0 Å². The smallest absolute Gasteiger partial charge is 0.288 e. The second kappa shape index (κ2) is 5.20. The van der Waals surface area contributed by atoms with Gasteiger partial charge in [0.25, 0.3) is 5.91 Å². The Bertz CT molecular complexity index is 228. The van der Waals surface area contributed by atoms with Crippen molar-refractivity contribution >= 4 is 5.91 Å². The van der Waals surface area contributed by atoms with Crippen LogP contribution in [0.3, 0.4) is 0 Å². The van der Waals surface area contributed by atoms with E-state index in [1.165, 1.54) is 24.1 Å². The van der Waals surface area contributed by atoms with E-state index in [-0.39, 0.29) is 35.3 Å². The van der Waals surface area contributed by atoms with Gasteiger partial charge >= 0.3 is 29.6 Å². The third-order valence-corrected chi connectivity index (χ3v) is 0.897. The first-order valence-electron chi connectivity index (χ1n) is 2.55. The van der Waals surface area contributed by atoms with Crippen molar-refractivity contribution in [2.75, 3.05) is 0 Å². The number of carbonyl (C=O) groups excluding carboxylic acids is 1. The molecule has 2 N–H and O–H groups in total. The van der Waals surface area contributed by atoms with Gasteiger partial charge in [0.1, 0.15) is 5.69 Å². The van der Waals surface area contributed by atoms with Crippen molar-refractivity contribution in [2.24, 2.45) is 0 Å². The van der Waals surface area contributed by atoms with Gasteiger partial charge in [-0.05, 0) is 0 Å². The summed E-state index contributed by atoms with van der Waals surface area (Å²) < 4.78 is 0. The molecule has 0 radical (unpaired) electrons. The SMILES string of the molecule is O=C(NO)c1cnccn1.[Na+]. The van der Waals surface area contributed by atoms with Crippen molar-refractivity contribution < 1.29 is 39.6 Å². The van der Waals surface area contributed by atoms with E-state index in [9.17, 15) is 4.79 Å². The molecule has 1 amide bonds. The summed E-state index contributed by atoms with van der Waals surface area (Å²) in [6.45, 7) is 0. The van der Waals surface area contributed by atoms with Crippen LogP contribution in [-0.4, -0.2) is 21.1 Å². The molecule has 1 aromatic heterocycles. The summed E-state index contributed by atoms with van der Waals surface area (Å²) in [7, 11) is 0. The summed E-state index contributed by atoms with van der Waals surface area (Å²) in [6, 6.07) is 0. The van der Waals surface area contributed by atoms with Gasteiger partial charge in [-0.15, -0.1) is 0 Å². The number of hydrogen-bond donors (Lipinski definition) is 2. The van der Waals surface area contributed by atoms with Crippen LogP contribution in [-0.2, 0) is 0 Å². The Morgan fingerprint density at radius 3 is 2.73 bits per heavy atom. The third-order valence-electron chi connectivity index (χ3n) is 0.897. The minimum Gasteiger partial charge on any atom is -0.288 e. The molecule has 0 saturated heterocycles. The quantitative estimate of drug-likeness (QED) is 0.256. The zero-order chi connectivity index (χ0) is 7.40. The van der Waals surface area contributed by atoms with Gasteiger partial charge < -0.3 is 0 Å². The predicted octanol–water partition coefficient (Wildman–Crippen LogP) is -3.40. The van der Waals surface area contributed by atoms with Gasteiger partial charge in [-0.1, -0.05) is 0 Å². The molecule has 0 aromatic carbocycles. The molecule has 0 bridgehead atoms. The van der Waals surface area contributed by atoms with Gasteiger partial charge in [0, 0.05) is 12.4 Å². The molecule has 1 heterocycles. The maximum Gasteiger partial charge on any atom is 1.00 e. The van der Waals surface area contributed by atoms with Crippen LogP contribution < -0.4 is 35.0 Å². The minimum absolute atomic E-state index is 0. The van der Waals surface area contributed by atoms with Crippen molar-refractivity contribution in [3.63, 3.8) is 0 Å². The number of rotatable bonds is 1. The van der Waals surface area contributed by atoms with Gasteiger partial charge in [0.05, 0.1) is 6.20 Å². The number of hydroxylamine groups is 1. The average Bonchev–Trinajstić information content (AvgIpc) is 2.05. The number of nitrogens with one attached hydrogen (secondary N) is 1. The Labute approximate surface area is 85.1 Å². The Hall–Kier alpha value is -0.490. The van der Waals surface area contributed by atoms with Crippen LogP contribution in [0.2, 0.25) is 0 Å². The summed E-state index contributed by atoms with van der Waals surface area (Å²) in [5.74, 6) is -0.659. The molecule has 11 heavy (non-hydrogen) atoms. The van der Waals surface area contributed by atoms with Crippen LogP contribution in [0.1, 0.15) is 10.5 Å². The molecule has 1 rings (SSSR count). The Kier molecular flexibility index (Phi) is 4.97. The number of aromatic nitrogens is 2. The first kappa shape index (κ1) is 10.5. The molecule has 1 aromatic rings. The van der Waals surface area contributed by atoms with Crippen molar-refractivity contribution in [2.45, 2.75) is 0 Å². The maximum atomic E-state index is 10.5. The van der Waals surface area contributed by atoms with Crippen molar-refractivity contribution in [3.8, 4) is 0 Å². The zero-order valence-corrected chi connectivity index (χ0v) is 7.98. The molecule has 0 aliphatic carbocycles. The molecule has 0 saturated carbocycles. The second-order valence-corrected chi connectivity index (χ2v) is 1.53. The fourth-order valence-corrected chi connectivity index (χ4v) is 0.474. The molecule has 0 unspecified atom stereocenters. The van der Waals surface area contributed by atoms with Crippen LogP contribution in [0.5, 0.6) is 0 Å². The summed E-state index contributed by atoms with van der Waals surface area (Å²) in [5, 5.41) is 8.12. The first-order chi connectivity index (χ1) is 4.84. The van der Waals surface area contributed by atoms with Crippen LogP contribution in [0.15, 0.2) is 18.6 Å². The summed E-state index contributed by atoms with van der Waals surface area (Å²) in [6.07, 6.45) is 4.06. The Morgan fingerprint density at radius 1 is 1.55 bits per heavy atom. The van der Waals surface area contributed by atoms with Gasteiger partial charge in [-0.2, -0.15) is 0 Å². The monoisotopic (exact) mass is 162 g/mol. The van der Waals surface area contributed by atoms with Crippen LogP contribution in [0, 0.1) is 0 Å². The van der Waals surface area contributed by atoms with E-state index in [1.807, 2.05) is 0 Å².